The molecule has 3 heterocycles. The van der Waals surface area contributed by atoms with Crippen LogP contribution in [0, 0.1) is 0 Å². The number of aliphatic hydroxyl groups is 1. The van der Waals surface area contributed by atoms with Gasteiger partial charge < -0.3 is 10.4 Å². The minimum Gasteiger partial charge on any atom is -0.388 e. The number of anilines is 1. The van der Waals surface area contributed by atoms with Gasteiger partial charge in [0.05, 0.1) is 11.6 Å². The number of hydrogen-bond acceptors (Lipinski definition) is 7. The predicted molar refractivity (Wildman–Crippen MR) is 111 cm³/mol. The second kappa shape index (κ2) is 7.96. The molecule has 0 spiro atoms. The lowest BCUT2D eigenvalue weighted by Gasteiger charge is -2.32. The van der Waals surface area contributed by atoms with E-state index in [0.29, 0.717) is 28.2 Å². The van der Waals surface area contributed by atoms with Gasteiger partial charge >= 0.3 is 15.5 Å². The molecule has 0 aromatic carbocycles. The second-order valence-corrected chi connectivity index (χ2v) is 10.5. The zero-order chi connectivity index (χ0) is 23.3. The molecule has 0 bridgehead atoms. The third-order valence-corrected chi connectivity index (χ3v) is 7.91. The Morgan fingerprint density at radius 1 is 1.22 bits per heavy atom. The number of nitrogens with one attached hydrogen (secondary N) is 1. The first kappa shape index (κ1) is 22.9. The van der Waals surface area contributed by atoms with Crippen molar-refractivity contribution in [3.8, 4) is 0 Å². The van der Waals surface area contributed by atoms with Crippen molar-refractivity contribution in [1.82, 2.24) is 18.8 Å². The van der Waals surface area contributed by atoms with Crippen molar-refractivity contribution in [2.24, 2.45) is 0 Å². The molecular formula is C19H24F3N5O4S. The highest BCUT2D eigenvalue weighted by Crippen LogP contribution is 2.39. The Balaban J connectivity index is 1.56. The average Bonchev–Trinajstić information content (AvgIpc) is 3.06. The number of alkyl halides is 3. The van der Waals surface area contributed by atoms with Crippen LogP contribution in [0.1, 0.15) is 45.1 Å². The average molecular weight is 475 g/mol. The van der Waals surface area contributed by atoms with Crippen molar-refractivity contribution in [2.75, 3.05) is 18.4 Å². The summed E-state index contributed by atoms with van der Waals surface area (Å²) in [7, 11) is -5.34. The van der Waals surface area contributed by atoms with Crippen LogP contribution < -0.4 is 10.9 Å². The zero-order valence-corrected chi connectivity index (χ0v) is 18.2. The van der Waals surface area contributed by atoms with Crippen molar-refractivity contribution < 1.29 is 26.7 Å². The maximum atomic E-state index is 12.8. The Bertz CT molecular complexity index is 1170. The van der Waals surface area contributed by atoms with Crippen molar-refractivity contribution in [1.29, 1.82) is 0 Å². The minimum atomic E-state index is -5.34. The lowest BCUT2D eigenvalue weighted by molar-refractivity contribution is -0.0494. The predicted octanol–water partition coefficient (Wildman–Crippen LogP) is 1.99. The summed E-state index contributed by atoms with van der Waals surface area (Å²) < 4.78 is 63.3. The van der Waals surface area contributed by atoms with Gasteiger partial charge in [-0.1, -0.05) is 0 Å². The van der Waals surface area contributed by atoms with E-state index in [2.05, 4.69) is 15.3 Å². The molecule has 0 unspecified atom stereocenters. The maximum absolute atomic E-state index is 12.8. The van der Waals surface area contributed by atoms with Crippen LogP contribution in [0.25, 0.3) is 11.0 Å². The molecule has 13 heteroatoms. The number of sulfonamides is 1. The van der Waals surface area contributed by atoms with Crippen molar-refractivity contribution >= 4 is 27.0 Å². The molecule has 4 rings (SSSR count). The van der Waals surface area contributed by atoms with Gasteiger partial charge in [0.1, 0.15) is 5.65 Å². The number of rotatable bonds is 4. The third kappa shape index (κ3) is 4.08. The number of fused-ring (bicyclic) bond motifs is 1. The molecule has 0 amide bonds. The van der Waals surface area contributed by atoms with Gasteiger partial charge in [0, 0.05) is 36.8 Å². The summed E-state index contributed by atoms with van der Waals surface area (Å²) in [5, 5.41) is 14.4. The summed E-state index contributed by atoms with van der Waals surface area (Å²) in [6, 6.07) is 2.24. The van der Waals surface area contributed by atoms with E-state index in [1.54, 1.807) is 13.0 Å². The summed E-state index contributed by atoms with van der Waals surface area (Å²) in [4.78, 5) is 21.3. The number of hydrogen-bond donors (Lipinski definition) is 2. The van der Waals surface area contributed by atoms with Crippen LogP contribution in [0.15, 0.2) is 23.1 Å². The first-order chi connectivity index (χ1) is 14.9. The van der Waals surface area contributed by atoms with E-state index in [-0.39, 0.29) is 43.5 Å². The Labute approximate surface area is 182 Å². The molecule has 176 valence electrons. The number of aromatic nitrogens is 3. The molecule has 2 aromatic rings. The number of piperidine rings is 1. The molecule has 32 heavy (non-hydrogen) atoms. The van der Waals surface area contributed by atoms with Crippen LogP contribution >= 0.6 is 0 Å². The molecule has 0 radical (unpaired) electrons. The zero-order valence-electron chi connectivity index (χ0n) is 17.3. The van der Waals surface area contributed by atoms with Crippen LogP contribution in [0.2, 0.25) is 0 Å². The lowest BCUT2D eigenvalue weighted by atomic mass is 10.00. The fraction of sp³-hybridized carbons (Fsp3) is 0.632. The maximum Gasteiger partial charge on any atom is 0.511 e. The van der Waals surface area contributed by atoms with E-state index in [1.807, 2.05) is 0 Å². The van der Waals surface area contributed by atoms with Crippen LogP contribution in [-0.4, -0.2) is 62.6 Å². The highest BCUT2D eigenvalue weighted by atomic mass is 32.2. The Morgan fingerprint density at radius 3 is 2.50 bits per heavy atom. The topological polar surface area (TPSA) is 117 Å². The Morgan fingerprint density at radius 2 is 1.91 bits per heavy atom. The molecule has 1 saturated heterocycles. The molecule has 2 atom stereocenters. The van der Waals surface area contributed by atoms with Crippen LogP contribution in [0.4, 0.5) is 19.1 Å². The normalized spacial score (nSPS) is 26.0. The van der Waals surface area contributed by atoms with Gasteiger partial charge in [0.15, 0.2) is 0 Å². The molecule has 1 aliphatic carbocycles. The standard InChI is InChI=1S/C19H24F3N5O4S/c1-18(29)8-2-3-14(18)27-15(28)5-4-12-11-23-17(25-16(12)27)24-13-6-9-26(10-7-13)32(30,31)19(20,21)22/h4-5,11,13-14,29H,2-3,6-10H2,1H3,(H,23,24,25)/t14-,18-/m1/s1. The van der Waals surface area contributed by atoms with E-state index in [4.69, 9.17) is 0 Å². The molecule has 9 nitrogen and oxygen atoms in total. The first-order valence-electron chi connectivity index (χ1n) is 10.3. The summed E-state index contributed by atoms with van der Waals surface area (Å²) in [6.07, 6.45) is 3.80. The number of pyridine rings is 1. The van der Waals surface area contributed by atoms with Gasteiger partial charge in [0.2, 0.25) is 5.95 Å². The quantitative estimate of drug-likeness (QED) is 0.695. The van der Waals surface area contributed by atoms with Crippen LogP contribution in [0.5, 0.6) is 0 Å². The highest BCUT2D eigenvalue weighted by Gasteiger charge is 2.50. The summed E-state index contributed by atoms with van der Waals surface area (Å²) >= 11 is 0. The molecule has 2 fully saturated rings. The number of nitrogens with zero attached hydrogens (tertiary/aromatic N) is 4. The Hall–Kier alpha value is -2.25. The minimum absolute atomic E-state index is 0.148. The summed E-state index contributed by atoms with van der Waals surface area (Å²) in [6.45, 7) is 1.14. The van der Waals surface area contributed by atoms with E-state index in [1.165, 1.54) is 16.8 Å². The summed E-state index contributed by atoms with van der Waals surface area (Å²) in [5.74, 6) is 0.187. The smallest absolute Gasteiger partial charge is 0.388 e. The monoisotopic (exact) mass is 475 g/mol. The first-order valence-corrected chi connectivity index (χ1v) is 11.8. The van der Waals surface area contributed by atoms with Gasteiger partial charge in [-0.25, -0.2) is 13.4 Å². The fourth-order valence-corrected chi connectivity index (χ4v) is 5.50. The molecule has 2 N–H and O–H groups in total. The van der Waals surface area contributed by atoms with Crippen LogP contribution in [-0.2, 0) is 10.0 Å². The highest BCUT2D eigenvalue weighted by molar-refractivity contribution is 7.90. The Kier molecular flexibility index (Phi) is 5.70. The van der Waals surface area contributed by atoms with Crippen molar-refractivity contribution in [2.45, 2.75) is 62.2 Å². The lowest BCUT2D eigenvalue weighted by Crippen LogP contribution is -2.47. The molecule has 1 saturated carbocycles. The van der Waals surface area contributed by atoms with Gasteiger partial charge in [-0.3, -0.25) is 9.36 Å². The van der Waals surface area contributed by atoms with E-state index in [9.17, 15) is 31.5 Å². The largest absolute Gasteiger partial charge is 0.511 e. The van der Waals surface area contributed by atoms with Gasteiger partial charge in [-0.05, 0) is 45.1 Å². The summed E-state index contributed by atoms with van der Waals surface area (Å²) in [5.41, 5.74) is -6.30. The van der Waals surface area contributed by atoms with Gasteiger partial charge in [0.25, 0.3) is 5.56 Å². The van der Waals surface area contributed by atoms with E-state index in [0.717, 1.165) is 6.42 Å². The second-order valence-electron chi connectivity index (χ2n) is 8.55. The molecule has 1 aliphatic heterocycles. The molecule has 2 aromatic heterocycles. The van der Waals surface area contributed by atoms with E-state index < -0.39 is 27.2 Å². The molecular weight excluding hydrogens is 451 g/mol. The molecule has 2 aliphatic rings. The SMILES string of the molecule is C[C@@]1(O)CCC[C@H]1n1c(=O)ccc2cnc(NC3CCN(S(=O)(=O)C(F)(F)F)CC3)nc21. The fourth-order valence-electron chi connectivity index (χ4n) is 4.52. The van der Waals surface area contributed by atoms with Crippen molar-refractivity contribution in [3.05, 3.63) is 28.7 Å². The van der Waals surface area contributed by atoms with E-state index >= 15 is 0 Å². The number of halogens is 3. The van der Waals surface area contributed by atoms with Crippen LogP contribution in [0.3, 0.4) is 0 Å². The van der Waals surface area contributed by atoms with Crippen molar-refractivity contribution in [3.63, 3.8) is 0 Å². The van der Waals surface area contributed by atoms with Gasteiger partial charge in [-0.2, -0.15) is 22.5 Å². The van der Waals surface area contributed by atoms with Gasteiger partial charge in [-0.15, -0.1) is 0 Å². The third-order valence-electron chi connectivity index (χ3n) is 6.28.